The molecule has 1 saturated heterocycles. The van der Waals surface area contributed by atoms with E-state index in [1.807, 2.05) is 0 Å². The fourth-order valence-electron chi connectivity index (χ4n) is 4.23. The minimum Gasteiger partial charge on any atom is -0.366 e. The van der Waals surface area contributed by atoms with Crippen LogP contribution in [0.3, 0.4) is 0 Å². The van der Waals surface area contributed by atoms with Gasteiger partial charge in [-0.1, -0.05) is 12.1 Å². The number of primary amides is 1. The van der Waals surface area contributed by atoms with Crippen LogP contribution in [0.1, 0.15) is 58.5 Å². The average molecular weight is 463 g/mol. The number of carbonyl (C=O) groups is 5. The second-order valence-corrected chi connectivity index (χ2v) is 8.92. The van der Waals surface area contributed by atoms with Crippen molar-refractivity contribution in [2.45, 2.75) is 44.8 Å². The van der Waals surface area contributed by atoms with Gasteiger partial charge in [-0.2, -0.15) is 0 Å². The van der Waals surface area contributed by atoms with Crippen LogP contribution in [0.4, 0.5) is 10.5 Å². The molecule has 1 fully saturated rings. The molecule has 0 radical (unpaired) electrons. The Morgan fingerprint density at radius 3 is 2.59 bits per heavy atom. The molecule has 2 aromatic rings. The summed E-state index contributed by atoms with van der Waals surface area (Å²) in [6.07, 6.45) is 0.464. The molecule has 2 heterocycles. The lowest BCUT2D eigenvalue weighted by atomic mass is 9.93. The zero-order valence-electron chi connectivity index (χ0n) is 18.8. The standard InChI is InChI=1S/C24H25N5O5/c1-24(2,15-5-3-4-13(10-15)20(25)31)28-23(34)26-16-6-7-17-14(11-16)12-29(22(17)33)18-8-9-19(30)27-21(18)32/h3-7,10-11,18H,8-9,12H2,1-2H3,(H2,25,31)(H2,26,28,34)(H,27,30,32). The van der Waals surface area contributed by atoms with Crippen molar-refractivity contribution in [1.82, 2.24) is 15.5 Å². The smallest absolute Gasteiger partial charge is 0.319 e. The van der Waals surface area contributed by atoms with Gasteiger partial charge in [-0.3, -0.25) is 24.5 Å². The fraction of sp³-hybridized carbons (Fsp3) is 0.292. The molecular formula is C24H25N5O5. The Balaban J connectivity index is 1.44. The highest BCUT2D eigenvalue weighted by atomic mass is 16.2. The Labute approximate surface area is 195 Å². The number of hydrogen-bond acceptors (Lipinski definition) is 5. The third-order valence-corrected chi connectivity index (χ3v) is 6.08. The monoisotopic (exact) mass is 463 g/mol. The number of hydrogen-bond donors (Lipinski definition) is 4. The predicted octanol–water partition coefficient (Wildman–Crippen LogP) is 1.60. The van der Waals surface area contributed by atoms with Crippen LogP contribution in [-0.4, -0.2) is 40.6 Å². The molecule has 2 aromatic carbocycles. The number of imide groups is 1. The van der Waals surface area contributed by atoms with E-state index in [-0.39, 0.29) is 31.2 Å². The summed E-state index contributed by atoms with van der Waals surface area (Å²) < 4.78 is 0. The molecule has 1 atom stereocenters. The molecular weight excluding hydrogens is 438 g/mol. The molecule has 6 amide bonds. The minimum atomic E-state index is -0.801. The Kier molecular flexibility index (Phi) is 5.82. The van der Waals surface area contributed by atoms with Gasteiger partial charge in [0.05, 0.1) is 5.54 Å². The Morgan fingerprint density at radius 2 is 1.88 bits per heavy atom. The van der Waals surface area contributed by atoms with Gasteiger partial charge in [0, 0.05) is 29.8 Å². The highest BCUT2D eigenvalue weighted by Crippen LogP contribution is 2.29. The van der Waals surface area contributed by atoms with E-state index in [0.29, 0.717) is 27.9 Å². The van der Waals surface area contributed by atoms with Crippen LogP contribution in [0.25, 0.3) is 0 Å². The van der Waals surface area contributed by atoms with Crippen molar-refractivity contribution in [1.29, 1.82) is 0 Å². The van der Waals surface area contributed by atoms with Gasteiger partial charge >= 0.3 is 6.03 Å². The second kappa shape index (κ2) is 8.62. The first kappa shape index (κ1) is 23.0. The third-order valence-electron chi connectivity index (χ3n) is 6.08. The maximum atomic E-state index is 12.8. The Hall–Kier alpha value is -4.21. The number of benzene rings is 2. The molecule has 4 rings (SSSR count). The second-order valence-electron chi connectivity index (χ2n) is 8.92. The van der Waals surface area contributed by atoms with Crippen LogP contribution < -0.4 is 21.7 Å². The molecule has 0 saturated carbocycles. The number of anilines is 1. The zero-order valence-corrected chi connectivity index (χ0v) is 18.8. The quantitative estimate of drug-likeness (QED) is 0.497. The molecule has 10 heteroatoms. The van der Waals surface area contributed by atoms with Crippen LogP contribution >= 0.6 is 0 Å². The van der Waals surface area contributed by atoms with Gasteiger partial charge in [0.2, 0.25) is 17.7 Å². The van der Waals surface area contributed by atoms with E-state index in [9.17, 15) is 24.0 Å². The van der Waals surface area contributed by atoms with E-state index in [2.05, 4.69) is 16.0 Å². The maximum Gasteiger partial charge on any atom is 0.319 e. The summed E-state index contributed by atoms with van der Waals surface area (Å²) in [6, 6.07) is 10.5. The predicted molar refractivity (Wildman–Crippen MR) is 123 cm³/mol. The van der Waals surface area contributed by atoms with Crippen molar-refractivity contribution < 1.29 is 24.0 Å². The number of piperidine rings is 1. The Morgan fingerprint density at radius 1 is 1.12 bits per heavy atom. The molecule has 0 aliphatic carbocycles. The van der Waals surface area contributed by atoms with Gasteiger partial charge in [-0.25, -0.2) is 4.79 Å². The number of nitrogens with one attached hydrogen (secondary N) is 3. The van der Waals surface area contributed by atoms with Crippen molar-refractivity contribution >= 4 is 35.3 Å². The van der Waals surface area contributed by atoms with E-state index in [0.717, 1.165) is 0 Å². The SMILES string of the molecule is CC(C)(NC(=O)Nc1ccc2c(c1)CN(C1CCC(=O)NC1=O)C2=O)c1cccc(C(N)=O)c1. The van der Waals surface area contributed by atoms with Gasteiger partial charge in [0.15, 0.2) is 0 Å². The summed E-state index contributed by atoms with van der Waals surface area (Å²) in [6.45, 7) is 3.81. The molecule has 5 N–H and O–H groups in total. The Bertz CT molecular complexity index is 1220. The fourth-order valence-corrected chi connectivity index (χ4v) is 4.23. The van der Waals surface area contributed by atoms with E-state index in [1.54, 1.807) is 56.3 Å². The van der Waals surface area contributed by atoms with Crippen LogP contribution in [0.15, 0.2) is 42.5 Å². The van der Waals surface area contributed by atoms with Crippen molar-refractivity contribution in [3.05, 3.63) is 64.7 Å². The van der Waals surface area contributed by atoms with Gasteiger partial charge in [-0.15, -0.1) is 0 Å². The van der Waals surface area contributed by atoms with E-state index in [4.69, 9.17) is 5.73 Å². The first-order valence-corrected chi connectivity index (χ1v) is 10.8. The lowest BCUT2D eigenvalue weighted by Gasteiger charge is -2.29. The normalized spacial score (nSPS) is 17.8. The summed E-state index contributed by atoms with van der Waals surface area (Å²) in [4.78, 5) is 62.0. The molecule has 2 aliphatic heterocycles. The van der Waals surface area contributed by atoms with E-state index >= 15 is 0 Å². The van der Waals surface area contributed by atoms with Gasteiger partial charge in [0.25, 0.3) is 5.91 Å². The topological polar surface area (TPSA) is 151 Å². The lowest BCUT2D eigenvalue weighted by Crippen LogP contribution is -2.52. The number of fused-ring (bicyclic) bond motifs is 1. The molecule has 0 aromatic heterocycles. The van der Waals surface area contributed by atoms with Gasteiger partial charge in [-0.05, 0) is 61.7 Å². The third kappa shape index (κ3) is 4.47. The number of carbonyl (C=O) groups excluding carboxylic acids is 5. The van der Waals surface area contributed by atoms with Gasteiger partial charge < -0.3 is 21.3 Å². The summed E-state index contributed by atoms with van der Waals surface area (Å²) in [5, 5.41) is 7.91. The molecule has 0 bridgehead atoms. The number of nitrogens with two attached hydrogens (primary N) is 1. The molecule has 0 spiro atoms. The van der Waals surface area contributed by atoms with E-state index < -0.39 is 29.4 Å². The van der Waals surface area contributed by atoms with Gasteiger partial charge in [0.1, 0.15) is 6.04 Å². The van der Waals surface area contributed by atoms with Crippen LogP contribution in [0.5, 0.6) is 0 Å². The van der Waals surface area contributed by atoms with Crippen LogP contribution in [-0.2, 0) is 21.7 Å². The highest BCUT2D eigenvalue weighted by molar-refractivity contribution is 6.05. The summed E-state index contributed by atoms with van der Waals surface area (Å²) >= 11 is 0. The van der Waals surface area contributed by atoms with Crippen molar-refractivity contribution in [3.8, 4) is 0 Å². The first-order chi connectivity index (χ1) is 16.0. The van der Waals surface area contributed by atoms with Crippen molar-refractivity contribution in [2.75, 3.05) is 5.32 Å². The summed E-state index contributed by atoms with van der Waals surface area (Å²) in [5.74, 6) is -1.65. The highest BCUT2D eigenvalue weighted by Gasteiger charge is 2.39. The largest absolute Gasteiger partial charge is 0.366 e. The first-order valence-electron chi connectivity index (χ1n) is 10.8. The zero-order chi connectivity index (χ0) is 24.6. The molecule has 176 valence electrons. The maximum absolute atomic E-state index is 12.8. The number of nitrogens with zero attached hydrogens (tertiary/aromatic N) is 1. The molecule has 10 nitrogen and oxygen atoms in total. The summed E-state index contributed by atoms with van der Waals surface area (Å²) in [5.41, 5.74) is 7.22. The van der Waals surface area contributed by atoms with E-state index in [1.165, 1.54) is 4.90 Å². The van der Waals surface area contributed by atoms with Crippen LogP contribution in [0.2, 0.25) is 0 Å². The molecule has 34 heavy (non-hydrogen) atoms. The number of urea groups is 1. The molecule has 2 aliphatic rings. The number of amides is 6. The average Bonchev–Trinajstić information content (AvgIpc) is 3.09. The lowest BCUT2D eigenvalue weighted by molar-refractivity contribution is -0.136. The van der Waals surface area contributed by atoms with Crippen molar-refractivity contribution in [3.63, 3.8) is 0 Å². The van der Waals surface area contributed by atoms with Crippen molar-refractivity contribution in [2.24, 2.45) is 5.73 Å². The minimum absolute atomic E-state index is 0.182. The molecule has 1 unspecified atom stereocenters. The number of rotatable bonds is 5. The van der Waals surface area contributed by atoms with Crippen LogP contribution in [0, 0.1) is 0 Å². The summed E-state index contributed by atoms with van der Waals surface area (Å²) in [7, 11) is 0.